The van der Waals surface area contributed by atoms with Crippen LogP contribution in [0.3, 0.4) is 0 Å². The first-order valence-corrected chi connectivity index (χ1v) is 25.8. The van der Waals surface area contributed by atoms with Crippen molar-refractivity contribution in [2.24, 2.45) is 0 Å². The van der Waals surface area contributed by atoms with Crippen molar-refractivity contribution in [2.45, 2.75) is 0 Å². The highest BCUT2D eigenvalue weighted by Crippen LogP contribution is 2.47. The van der Waals surface area contributed by atoms with Crippen molar-refractivity contribution < 1.29 is 0 Å². The molecule has 4 nitrogen and oxygen atoms in total. The van der Waals surface area contributed by atoms with Gasteiger partial charge in [0, 0.05) is 52.1 Å². The van der Waals surface area contributed by atoms with Crippen LogP contribution in [0.15, 0.2) is 207 Å². The summed E-state index contributed by atoms with van der Waals surface area (Å²) in [5, 5.41) is 15.9. The van der Waals surface area contributed by atoms with Crippen molar-refractivity contribution in [2.75, 3.05) is 0 Å². The van der Waals surface area contributed by atoms with Crippen molar-refractivity contribution in [1.29, 1.82) is 0 Å². The van der Waals surface area contributed by atoms with E-state index in [1.807, 2.05) is 24.7 Å². The SMILES string of the molecule is S=P(c1ccccc1)(c1ccc2ccccc2c1)c1ccc2c(c1)nc1c3c4ccccc4ccc3c3ccc(P(=S)(c4ccncc4)c4ccnc5ccccc45)cc3n21. The van der Waals surface area contributed by atoms with E-state index in [1.54, 1.807) is 0 Å². The summed E-state index contributed by atoms with van der Waals surface area (Å²) < 4.78 is 2.37. The van der Waals surface area contributed by atoms with Crippen molar-refractivity contribution >= 4 is 138 Å². The van der Waals surface area contributed by atoms with Crippen LogP contribution in [0.4, 0.5) is 0 Å². The van der Waals surface area contributed by atoms with E-state index in [-0.39, 0.29) is 0 Å². The molecule has 4 heterocycles. The van der Waals surface area contributed by atoms with Gasteiger partial charge in [-0.25, -0.2) is 4.98 Å². The zero-order valence-electron chi connectivity index (χ0n) is 32.6. The van der Waals surface area contributed by atoms with Gasteiger partial charge in [-0.3, -0.25) is 14.4 Å². The number of rotatable bonds is 6. The third-order valence-electron chi connectivity index (χ3n) is 12.2. The molecule has 0 N–H and O–H groups in total. The minimum Gasteiger partial charge on any atom is -0.292 e. The Morgan fingerprint density at radius 3 is 1.89 bits per heavy atom. The molecule has 0 saturated heterocycles. The van der Waals surface area contributed by atoms with Gasteiger partial charge in [-0.1, -0.05) is 163 Å². The van der Waals surface area contributed by atoms with Gasteiger partial charge in [0.25, 0.3) is 0 Å². The fourth-order valence-corrected chi connectivity index (χ4v) is 17.0. The maximum atomic E-state index is 7.05. The molecule has 0 spiro atoms. The van der Waals surface area contributed by atoms with E-state index in [0.717, 1.165) is 81.1 Å². The van der Waals surface area contributed by atoms with Crippen LogP contribution in [0.1, 0.15) is 0 Å². The number of para-hydroxylation sites is 1. The average Bonchev–Trinajstić information content (AvgIpc) is 3.72. The lowest BCUT2D eigenvalue weighted by Crippen LogP contribution is -2.26. The first kappa shape index (κ1) is 36.5. The van der Waals surface area contributed by atoms with E-state index in [1.165, 1.54) is 21.5 Å². The number of pyridine rings is 3. The van der Waals surface area contributed by atoms with E-state index < -0.39 is 12.1 Å². The maximum Gasteiger partial charge on any atom is 0.147 e. The van der Waals surface area contributed by atoms with Crippen LogP contribution in [0.2, 0.25) is 0 Å². The number of benzene rings is 8. The molecule has 0 amide bonds. The summed E-state index contributed by atoms with van der Waals surface area (Å²) in [5.41, 5.74) is 4.83. The second-order valence-corrected chi connectivity index (χ2v) is 24.3. The zero-order chi connectivity index (χ0) is 40.7. The molecule has 0 bridgehead atoms. The van der Waals surface area contributed by atoms with Gasteiger partial charge in [-0.05, 0) is 102 Å². The second-order valence-electron chi connectivity index (χ2n) is 15.5. The molecule has 288 valence electrons. The lowest BCUT2D eigenvalue weighted by molar-refractivity contribution is 1.32. The number of imidazole rings is 1. The van der Waals surface area contributed by atoms with Crippen LogP contribution >= 0.6 is 12.1 Å². The molecular formula is C53H34N4P2S2. The summed E-state index contributed by atoms with van der Waals surface area (Å²) in [5.74, 6) is 0. The molecule has 8 aromatic carbocycles. The lowest BCUT2D eigenvalue weighted by Gasteiger charge is -2.26. The Hall–Kier alpha value is -6.39. The molecule has 0 aliphatic carbocycles. The Kier molecular flexibility index (Phi) is 8.42. The Morgan fingerprint density at radius 2 is 1.03 bits per heavy atom. The quantitative estimate of drug-likeness (QED) is 0.123. The van der Waals surface area contributed by atoms with Crippen molar-refractivity contribution in [3.63, 3.8) is 0 Å². The van der Waals surface area contributed by atoms with Crippen molar-refractivity contribution in [1.82, 2.24) is 19.4 Å². The van der Waals surface area contributed by atoms with Gasteiger partial charge in [0.05, 0.1) is 22.1 Å². The van der Waals surface area contributed by atoms with E-state index in [4.69, 9.17) is 33.6 Å². The summed E-state index contributed by atoms with van der Waals surface area (Å²) in [4.78, 5) is 14.7. The van der Waals surface area contributed by atoms with Gasteiger partial charge in [0.2, 0.25) is 0 Å². The molecule has 0 fully saturated rings. The fourth-order valence-electron chi connectivity index (χ4n) is 9.34. The highest BCUT2D eigenvalue weighted by molar-refractivity contribution is 8.26. The molecule has 61 heavy (non-hydrogen) atoms. The van der Waals surface area contributed by atoms with Gasteiger partial charge in [-0.2, -0.15) is 0 Å². The molecule has 12 rings (SSSR count). The lowest BCUT2D eigenvalue weighted by atomic mass is 9.99. The number of hydrogen-bond donors (Lipinski definition) is 0. The van der Waals surface area contributed by atoms with Gasteiger partial charge < -0.3 is 0 Å². The maximum absolute atomic E-state index is 7.05. The van der Waals surface area contributed by atoms with E-state index in [9.17, 15) is 0 Å². The van der Waals surface area contributed by atoms with Gasteiger partial charge in [0.15, 0.2) is 0 Å². The standard InChI is InChI=1S/C53H34N4P2S2/c60-58(38-13-2-1-3-14-38,40-20-18-35-10-4-5-12-37(35)32-40)41-22-25-49-48(33-41)56-53-52-43-15-7-6-11-36(43)19-23-45(52)44-24-21-42(34-50(44)57(49)53)59(61,39-26-29-54-30-27-39)51-28-31-55-47-17-9-8-16-46(47)51/h1-34H. The Labute approximate surface area is 362 Å². The fraction of sp³-hybridized carbons (Fsp3) is 0. The molecule has 2 atom stereocenters. The van der Waals surface area contributed by atoms with Crippen LogP contribution in [0, 0.1) is 0 Å². The Morgan fingerprint density at radius 1 is 0.393 bits per heavy atom. The molecule has 2 unspecified atom stereocenters. The zero-order valence-corrected chi connectivity index (χ0v) is 36.1. The number of hydrogen-bond acceptors (Lipinski definition) is 5. The molecule has 0 aliphatic heterocycles. The number of fused-ring (bicyclic) bond motifs is 12. The summed E-state index contributed by atoms with van der Waals surface area (Å²) in [6.45, 7) is 0. The first-order valence-electron chi connectivity index (χ1n) is 20.2. The molecule has 0 radical (unpaired) electrons. The third kappa shape index (κ3) is 5.54. The highest BCUT2D eigenvalue weighted by atomic mass is 32.4. The minimum absolute atomic E-state index is 0.907. The first-order chi connectivity index (χ1) is 30.0. The summed E-state index contributed by atoms with van der Waals surface area (Å²) in [7, 11) is 0. The minimum atomic E-state index is -2.65. The topological polar surface area (TPSA) is 43.1 Å². The summed E-state index contributed by atoms with van der Waals surface area (Å²) in [6, 6.07) is 62.1. The van der Waals surface area contributed by atoms with Crippen LogP contribution < -0.4 is 31.8 Å². The van der Waals surface area contributed by atoms with E-state index in [2.05, 4.69) is 191 Å². The smallest absolute Gasteiger partial charge is 0.147 e. The number of nitrogens with zero attached hydrogens (tertiary/aromatic N) is 4. The molecular weight excluding hydrogens is 819 g/mol. The Bertz CT molecular complexity index is 3840. The van der Waals surface area contributed by atoms with Crippen LogP contribution in [0.5, 0.6) is 0 Å². The monoisotopic (exact) mass is 852 g/mol. The van der Waals surface area contributed by atoms with E-state index >= 15 is 0 Å². The second kappa shape index (κ2) is 14.1. The molecule has 12 aromatic rings. The van der Waals surface area contributed by atoms with Crippen molar-refractivity contribution in [3.05, 3.63) is 207 Å². The average molecular weight is 853 g/mol. The van der Waals surface area contributed by atoms with Crippen LogP contribution in [0.25, 0.3) is 70.8 Å². The molecule has 8 heteroatoms. The highest BCUT2D eigenvalue weighted by Gasteiger charge is 2.30. The van der Waals surface area contributed by atoms with Gasteiger partial charge in [0.1, 0.15) is 5.65 Å². The number of aromatic nitrogens is 4. The largest absolute Gasteiger partial charge is 0.292 e. The predicted molar refractivity (Wildman–Crippen MR) is 268 cm³/mol. The van der Waals surface area contributed by atoms with Gasteiger partial charge >= 0.3 is 0 Å². The normalized spacial score (nSPS) is 14.0. The van der Waals surface area contributed by atoms with Crippen LogP contribution in [-0.4, -0.2) is 19.4 Å². The molecule has 0 aliphatic rings. The summed E-state index contributed by atoms with van der Waals surface area (Å²) in [6.07, 6.45) is 5.61. The van der Waals surface area contributed by atoms with Crippen molar-refractivity contribution in [3.8, 4) is 0 Å². The Balaban J connectivity index is 1.18. The van der Waals surface area contributed by atoms with E-state index in [0.29, 0.717) is 0 Å². The van der Waals surface area contributed by atoms with Crippen LogP contribution in [-0.2, 0) is 23.6 Å². The molecule has 4 aromatic heterocycles. The third-order valence-corrected chi connectivity index (χ3v) is 22.1. The van der Waals surface area contributed by atoms with Gasteiger partial charge in [-0.15, -0.1) is 0 Å². The summed E-state index contributed by atoms with van der Waals surface area (Å²) >= 11 is 14.0. The molecule has 0 saturated carbocycles. The predicted octanol–water partition coefficient (Wildman–Crippen LogP) is 10.6.